The van der Waals surface area contributed by atoms with E-state index in [4.69, 9.17) is 14.5 Å². The zero-order valence-electron chi connectivity index (χ0n) is 18.1. The van der Waals surface area contributed by atoms with E-state index in [1.807, 2.05) is 22.3 Å². The number of likely N-dealkylation sites (tertiary alicyclic amines) is 1. The van der Waals surface area contributed by atoms with Crippen molar-refractivity contribution in [3.63, 3.8) is 0 Å². The monoisotopic (exact) mass is 456 g/mol. The van der Waals surface area contributed by atoms with Crippen LogP contribution in [-0.2, 0) is 22.5 Å². The number of aromatic nitrogens is 4. The molecule has 3 aromatic heterocycles. The predicted molar refractivity (Wildman–Crippen MR) is 120 cm³/mol. The molecule has 0 N–H and O–H groups in total. The number of hydrogen-bond donors (Lipinski definition) is 0. The Balaban J connectivity index is 1.15. The summed E-state index contributed by atoms with van der Waals surface area (Å²) in [5, 5.41) is 6.47. The van der Waals surface area contributed by atoms with Gasteiger partial charge in [0.15, 0.2) is 5.65 Å². The van der Waals surface area contributed by atoms with Gasteiger partial charge in [0, 0.05) is 56.1 Å². The number of fused-ring (bicyclic) bond motifs is 1. The van der Waals surface area contributed by atoms with Gasteiger partial charge in [-0.1, -0.05) is 0 Å². The molecule has 0 saturated carbocycles. The first-order chi connectivity index (χ1) is 15.8. The van der Waals surface area contributed by atoms with Gasteiger partial charge in [-0.25, -0.2) is 19.3 Å². The van der Waals surface area contributed by atoms with E-state index in [-0.39, 0.29) is 12.7 Å². The summed E-state index contributed by atoms with van der Waals surface area (Å²) in [5.74, 6) is 0.349. The Morgan fingerprint density at radius 2 is 2.00 bits per heavy atom. The van der Waals surface area contributed by atoms with E-state index in [1.165, 1.54) is 22.5 Å². The van der Waals surface area contributed by atoms with Crippen molar-refractivity contribution < 1.29 is 14.3 Å². The topological polar surface area (TPSA) is 85.1 Å². The lowest BCUT2D eigenvalue weighted by atomic mass is 9.91. The third-order valence-electron chi connectivity index (χ3n) is 6.28. The van der Waals surface area contributed by atoms with Crippen LogP contribution in [0.2, 0.25) is 0 Å². The number of carbonyl (C=O) groups is 1. The molecule has 2 aliphatic rings. The van der Waals surface area contributed by atoms with Gasteiger partial charge >= 0.3 is 6.09 Å². The maximum Gasteiger partial charge on any atom is 0.410 e. The molecular weight excluding hydrogens is 428 g/mol. The fraction of sp³-hybridized carbons (Fsp3) is 0.545. The standard InChI is InChI=1S/C22H28N6O3S/c29-22(31-14-19-15-32-16-24-19)27-5-2-18(3-6-27)20-12-25-28-13-17(11-23-21(20)28)1-4-26-7-9-30-10-8-26/h11-13,15-16,18H,1-10,14H2. The van der Waals surface area contributed by atoms with Crippen LogP contribution in [-0.4, -0.2) is 81.4 Å². The number of rotatable bonds is 6. The number of amides is 1. The Labute approximate surface area is 191 Å². The molecule has 2 saturated heterocycles. The number of morpholine rings is 1. The van der Waals surface area contributed by atoms with Gasteiger partial charge in [-0.05, 0) is 30.7 Å². The van der Waals surface area contributed by atoms with E-state index in [2.05, 4.69) is 21.2 Å². The van der Waals surface area contributed by atoms with E-state index < -0.39 is 0 Å². The fourth-order valence-corrected chi connectivity index (χ4v) is 4.91. The zero-order valence-corrected chi connectivity index (χ0v) is 18.9. The van der Waals surface area contributed by atoms with Gasteiger partial charge in [0.05, 0.1) is 30.6 Å². The van der Waals surface area contributed by atoms with E-state index in [0.29, 0.717) is 19.0 Å². The molecule has 5 heterocycles. The normalized spacial score (nSPS) is 18.3. The van der Waals surface area contributed by atoms with E-state index in [9.17, 15) is 4.79 Å². The molecule has 0 spiro atoms. The van der Waals surface area contributed by atoms with Crippen LogP contribution in [0.5, 0.6) is 0 Å². The van der Waals surface area contributed by atoms with Crippen molar-refractivity contribution in [3.8, 4) is 0 Å². The maximum absolute atomic E-state index is 12.4. The molecule has 2 fully saturated rings. The highest BCUT2D eigenvalue weighted by Crippen LogP contribution is 2.30. The number of piperidine rings is 1. The molecule has 1 amide bonds. The van der Waals surface area contributed by atoms with Crippen molar-refractivity contribution in [2.45, 2.75) is 31.8 Å². The van der Waals surface area contributed by atoms with E-state index >= 15 is 0 Å². The number of ether oxygens (including phenoxy) is 2. The van der Waals surface area contributed by atoms with Gasteiger partial charge in [0.2, 0.25) is 0 Å². The first-order valence-corrected chi connectivity index (χ1v) is 12.1. The lowest BCUT2D eigenvalue weighted by molar-refractivity contribution is 0.0384. The summed E-state index contributed by atoms with van der Waals surface area (Å²) >= 11 is 1.50. The van der Waals surface area contributed by atoms with Crippen LogP contribution in [0.3, 0.4) is 0 Å². The fourth-order valence-electron chi connectivity index (χ4n) is 4.37. The molecule has 0 radical (unpaired) electrons. The first kappa shape index (κ1) is 21.3. The van der Waals surface area contributed by atoms with Gasteiger partial charge in [0.1, 0.15) is 6.61 Å². The van der Waals surface area contributed by atoms with Gasteiger partial charge in [0.25, 0.3) is 0 Å². The van der Waals surface area contributed by atoms with E-state index in [1.54, 1.807) is 10.4 Å². The van der Waals surface area contributed by atoms with Crippen molar-refractivity contribution in [3.05, 3.63) is 46.3 Å². The van der Waals surface area contributed by atoms with Crippen LogP contribution in [0.4, 0.5) is 4.79 Å². The molecule has 0 aromatic carbocycles. The maximum atomic E-state index is 12.4. The smallest absolute Gasteiger partial charge is 0.410 e. The third kappa shape index (κ3) is 4.92. The molecule has 0 unspecified atom stereocenters. The Kier molecular flexibility index (Phi) is 6.61. The molecule has 10 heteroatoms. The Morgan fingerprint density at radius 1 is 1.16 bits per heavy atom. The van der Waals surface area contributed by atoms with Crippen LogP contribution >= 0.6 is 11.3 Å². The van der Waals surface area contributed by atoms with Gasteiger partial charge in [-0.2, -0.15) is 5.10 Å². The minimum atomic E-state index is -0.264. The minimum Gasteiger partial charge on any atom is -0.443 e. The molecule has 0 atom stereocenters. The van der Waals surface area contributed by atoms with Crippen LogP contribution in [0.1, 0.15) is 35.6 Å². The highest BCUT2D eigenvalue weighted by molar-refractivity contribution is 7.07. The Morgan fingerprint density at radius 3 is 2.78 bits per heavy atom. The van der Waals surface area contributed by atoms with Gasteiger partial charge < -0.3 is 14.4 Å². The average Bonchev–Trinajstić information content (AvgIpc) is 3.52. The second-order valence-electron chi connectivity index (χ2n) is 8.33. The number of hydrogen-bond acceptors (Lipinski definition) is 8. The number of thiazole rings is 1. The summed E-state index contributed by atoms with van der Waals surface area (Å²) in [5.41, 5.74) is 5.81. The lowest BCUT2D eigenvalue weighted by Gasteiger charge is -2.30. The lowest BCUT2D eigenvalue weighted by Crippen LogP contribution is -2.38. The highest BCUT2D eigenvalue weighted by atomic mass is 32.1. The quantitative estimate of drug-likeness (QED) is 0.564. The third-order valence-corrected chi connectivity index (χ3v) is 6.91. The second-order valence-corrected chi connectivity index (χ2v) is 9.05. The molecule has 5 rings (SSSR count). The van der Waals surface area contributed by atoms with E-state index in [0.717, 1.165) is 63.5 Å². The largest absolute Gasteiger partial charge is 0.443 e. The first-order valence-electron chi connectivity index (χ1n) is 11.2. The van der Waals surface area contributed by atoms with Crippen molar-refractivity contribution in [1.82, 2.24) is 29.4 Å². The molecular formula is C22H28N6O3S. The number of nitrogens with zero attached hydrogens (tertiary/aromatic N) is 6. The van der Waals surface area contributed by atoms with Crippen molar-refractivity contribution in [2.24, 2.45) is 0 Å². The molecule has 32 heavy (non-hydrogen) atoms. The van der Waals surface area contributed by atoms with Crippen LogP contribution in [0, 0.1) is 0 Å². The molecule has 170 valence electrons. The molecule has 0 bridgehead atoms. The Bertz CT molecular complexity index is 1030. The van der Waals surface area contributed by atoms with Crippen LogP contribution in [0.25, 0.3) is 5.65 Å². The summed E-state index contributed by atoms with van der Waals surface area (Å²) in [7, 11) is 0. The predicted octanol–water partition coefficient (Wildman–Crippen LogP) is 2.58. The Hall–Kier alpha value is -2.56. The van der Waals surface area contributed by atoms with Crippen LogP contribution < -0.4 is 0 Å². The van der Waals surface area contributed by atoms with Gasteiger partial charge in [-0.15, -0.1) is 11.3 Å². The second kappa shape index (κ2) is 9.93. The molecule has 9 nitrogen and oxygen atoms in total. The number of carbonyl (C=O) groups excluding carboxylic acids is 1. The van der Waals surface area contributed by atoms with Crippen molar-refractivity contribution >= 4 is 23.1 Å². The zero-order chi connectivity index (χ0) is 21.8. The summed E-state index contributed by atoms with van der Waals surface area (Å²) < 4.78 is 12.7. The summed E-state index contributed by atoms with van der Waals surface area (Å²) in [6, 6.07) is 0. The average molecular weight is 457 g/mol. The summed E-state index contributed by atoms with van der Waals surface area (Å²) in [6.07, 6.45) is 8.47. The molecule has 2 aliphatic heterocycles. The SMILES string of the molecule is O=C(OCc1cscn1)N1CCC(c2cnn3cc(CCN4CCOCC4)cnc23)CC1. The minimum absolute atomic E-state index is 0.230. The van der Waals surface area contributed by atoms with Gasteiger partial charge in [-0.3, -0.25) is 4.90 Å². The summed E-state index contributed by atoms with van der Waals surface area (Å²) in [6.45, 7) is 6.24. The summed E-state index contributed by atoms with van der Waals surface area (Å²) in [4.78, 5) is 25.5. The molecule has 3 aromatic rings. The van der Waals surface area contributed by atoms with Crippen molar-refractivity contribution in [2.75, 3.05) is 45.9 Å². The molecule has 0 aliphatic carbocycles. The van der Waals surface area contributed by atoms with Crippen LogP contribution in [0.15, 0.2) is 29.5 Å². The van der Waals surface area contributed by atoms with Crippen molar-refractivity contribution in [1.29, 1.82) is 0 Å². The highest BCUT2D eigenvalue weighted by Gasteiger charge is 2.27.